The molecule has 220 valence electrons. The maximum atomic E-state index is 13.9. The summed E-state index contributed by atoms with van der Waals surface area (Å²) in [5.41, 5.74) is -0.799. The number of H-pyrrole nitrogens is 1. The van der Waals surface area contributed by atoms with Crippen molar-refractivity contribution < 1.29 is 19.8 Å². The molecule has 2 aliphatic rings. The summed E-state index contributed by atoms with van der Waals surface area (Å²) in [4.78, 5) is 49.2. The first kappa shape index (κ1) is 29.2. The van der Waals surface area contributed by atoms with E-state index in [0.29, 0.717) is 59.5 Å². The Bertz CT molecular complexity index is 1540. The average molecular weight is 607 g/mol. The smallest absolute Gasteiger partial charge is 0.408 e. The van der Waals surface area contributed by atoms with Crippen LogP contribution in [0.5, 0.6) is 0 Å². The number of aromatic amines is 1. The molecule has 0 aliphatic carbocycles. The van der Waals surface area contributed by atoms with Gasteiger partial charge >= 0.3 is 6.09 Å². The minimum absolute atomic E-state index is 0.0494. The largest absolute Gasteiger partial charge is 0.465 e. The summed E-state index contributed by atoms with van der Waals surface area (Å²) in [5, 5.41) is 28.7. The van der Waals surface area contributed by atoms with E-state index in [1.165, 1.54) is 0 Å². The van der Waals surface area contributed by atoms with Crippen LogP contribution in [0.15, 0.2) is 29.2 Å². The zero-order valence-electron chi connectivity index (χ0n) is 23.0. The second kappa shape index (κ2) is 10.8. The lowest BCUT2D eigenvalue weighted by Crippen LogP contribution is -2.65. The third-order valence-corrected chi connectivity index (χ3v) is 8.95. The number of β-amino-alcohol motifs (C(OH)–C–C–N with tert-alkyl or cyclic N) is 1. The lowest BCUT2D eigenvalue weighted by atomic mass is 9.70. The number of anilines is 1. The van der Waals surface area contributed by atoms with Crippen LogP contribution >= 0.6 is 23.2 Å². The molecule has 0 spiro atoms. The van der Waals surface area contributed by atoms with Crippen LogP contribution in [-0.4, -0.2) is 83.0 Å². The van der Waals surface area contributed by atoms with Gasteiger partial charge in [0.1, 0.15) is 11.1 Å². The molecule has 2 saturated heterocycles. The summed E-state index contributed by atoms with van der Waals surface area (Å²) in [5.74, 6) is -0.00678. The van der Waals surface area contributed by atoms with E-state index in [1.54, 1.807) is 27.9 Å². The molecular weight excluding hydrogens is 573 g/mol. The van der Waals surface area contributed by atoms with Gasteiger partial charge < -0.3 is 20.4 Å². The Morgan fingerprint density at radius 2 is 1.90 bits per heavy atom. The fourth-order valence-electron chi connectivity index (χ4n) is 6.10. The zero-order chi connectivity index (χ0) is 29.7. The maximum absolute atomic E-state index is 13.9. The number of carboxylic acid groups (broad SMARTS) is 1. The molecule has 14 heteroatoms. The Morgan fingerprint density at radius 3 is 2.54 bits per heavy atom. The van der Waals surface area contributed by atoms with Gasteiger partial charge in [0, 0.05) is 26.1 Å². The van der Waals surface area contributed by atoms with Gasteiger partial charge in [-0.25, -0.2) is 9.78 Å². The van der Waals surface area contributed by atoms with Gasteiger partial charge in [0.15, 0.2) is 5.52 Å². The molecule has 0 radical (unpaired) electrons. The topological polar surface area (TPSA) is 157 Å². The highest BCUT2D eigenvalue weighted by Crippen LogP contribution is 2.46. The van der Waals surface area contributed by atoms with Crippen LogP contribution in [0.25, 0.3) is 11.0 Å². The lowest BCUT2D eigenvalue weighted by Gasteiger charge is -2.48. The number of amides is 2. The summed E-state index contributed by atoms with van der Waals surface area (Å²) < 4.78 is 1.66. The molecule has 41 heavy (non-hydrogen) atoms. The first-order chi connectivity index (χ1) is 19.3. The highest BCUT2D eigenvalue weighted by molar-refractivity contribution is 6.42. The molecule has 2 aromatic heterocycles. The Hall–Kier alpha value is -3.35. The summed E-state index contributed by atoms with van der Waals surface area (Å²) in [6.45, 7) is 6.48. The van der Waals surface area contributed by atoms with Gasteiger partial charge in [-0.3, -0.25) is 24.2 Å². The molecule has 2 fully saturated rings. The monoisotopic (exact) mass is 605 g/mol. The van der Waals surface area contributed by atoms with Crippen molar-refractivity contribution in [3.05, 3.63) is 50.4 Å². The number of aliphatic hydroxyl groups excluding tert-OH is 1. The zero-order valence-corrected chi connectivity index (χ0v) is 24.5. The lowest BCUT2D eigenvalue weighted by molar-refractivity contribution is -0.150. The predicted molar refractivity (Wildman–Crippen MR) is 154 cm³/mol. The number of benzene rings is 1. The van der Waals surface area contributed by atoms with Crippen molar-refractivity contribution in [1.82, 2.24) is 29.5 Å². The number of piperidine rings is 1. The third-order valence-electron chi connectivity index (χ3n) is 8.21. The number of likely N-dealkylation sites (tertiary alicyclic amines) is 2. The van der Waals surface area contributed by atoms with Crippen LogP contribution in [0.4, 0.5) is 10.7 Å². The van der Waals surface area contributed by atoms with Crippen LogP contribution in [0.1, 0.15) is 51.6 Å². The molecule has 3 aromatic rings. The number of nitrogens with zero attached hydrogens (tertiary/aromatic N) is 5. The number of nitrogens with one attached hydrogen (secondary N) is 2. The van der Waals surface area contributed by atoms with Crippen molar-refractivity contribution >= 4 is 52.2 Å². The number of rotatable bonds is 5. The molecule has 0 saturated carbocycles. The number of hydrogen-bond acceptors (Lipinski definition) is 7. The molecule has 5 rings (SSSR count). The first-order valence-electron chi connectivity index (χ1n) is 13.4. The molecular formula is C27H33Cl2N7O5. The fraction of sp³-hybridized carbons (Fsp3) is 0.519. The Kier molecular flexibility index (Phi) is 7.68. The van der Waals surface area contributed by atoms with Crippen LogP contribution in [0.3, 0.4) is 0 Å². The van der Waals surface area contributed by atoms with Crippen molar-refractivity contribution in [3.63, 3.8) is 0 Å². The van der Waals surface area contributed by atoms with E-state index >= 15 is 0 Å². The number of carbonyl (C=O) groups excluding carboxylic acids is 1. The number of fused-ring (bicyclic) bond motifs is 1. The van der Waals surface area contributed by atoms with Crippen molar-refractivity contribution in [3.8, 4) is 0 Å². The van der Waals surface area contributed by atoms with E-state index in [9.17, 15) is 24.6 Å². The summed E-state index contributed by atoms with van der Waals surface area (Å²) in [6, 6.07) is 5.11. The SMILES string of the molecule is CC(C)(C)[C@]1(C(=O)N2CCC(n3ncc4nc(NCc5ccc(Cl)c(Cl)c5)[nH]c(=O)c43)CC2)C[C@@H](O)CN1C(=O)O. The molecule has 2 aliphatic heterocycles. The molecule has 0 bridgehead atoms. The molecule has 4 heterocycles. The molecule has 12 nitrogen and oxygen atoms in total. The minimum Gasteiger partial charge on any atom is -0.465 e. The molecule has 4 N–H and O–H groups in total. The number of hydrogen-bond donors (Lipinski definition) is 4. The van der Waals surface area contributed by atoms with Gasteiger partial charge in [-0.15, -0.1) is 0 Å². The van der Waals surface area contributed by atoms with Crippen molar-refractivity contribution in [1.29, 1.82) is 0 Å². The van der Waals surface area contributed by atoms with E-state index in [0.717, 1.165) is 10.5 Å². The number of aliphatic hydroxyl groups is 1. The second-order valence-corrected chi connectivity index (χ2v) is 12.5. The van der Waals surface area contributed by atoms with Crippen LogP contribution in [0.2, 0.25) is 10.0 Å². The van der Waals surface area contributed by atoms with E-state index in [4.69, 9.17) is 23.2 Å². The molecule has 0 unspecified atom stereocenters. The van der Waals surface area contributed by atoms with E-state index < -0.39 is 23.2 Å². The standard InChI is InChI=1S/C27H33Cl2N7O5/c1-26(2,3)27(11-17(37)14-35(27)25(40)41)23(39)34-8-6-16(7-9-34)36-21-20(13-31-36)32-24(33-22(21)38)30-12-15-4-5-18(28)19(29)10-15/h4-5,10,13,16-17,37H,6-9,11-12,14H2,1-3H3,(H,40,41)(H2,30,32,33,38)/t17-,27-/m1/s1. The van der Waals surface area contributed by atoms with Gasteiger partial charge in [0.2, 0.25) is 11.9 Å². The van der Waals surface area contributed by atoms with Crippen LogP contribution in [0, 0.1) is 5.41 Å². The van der Waals surface area contributed by atoms with Crippen molar-refractivity contribution in [2.45, 2.75) is 64.3 Å². The van der Waals surface area contributed by atoms with E-state index in [1.807, 2.05) is 26.8 Å². The van der Waals surface area contributed by atoms with Crippen LogP contribution in [-0.2, 0) is 11.3 Å². The minimum atomic E-state index is -1.37. The first-order valence-corrected chi connectivity index (χ1v) is 14.2. The molecule has 1 aromatic carbocycles. The van der Waals surface area contributed by atoms with Crippen LogP contribution < -0.4 is 10.9 Å². The molecule has 2 amide bonds. The normalized spacial score (nSPS) is 22.0. The predicted octanol–water partition coefficient (Wildman–Crippen LogP) is 3.73. The Morgan fingerprint density at radius 1 is 1.20 bits per heavy atom. The number of halogens is 2. The second-order valence-electron chi connectivity index (χ2n) is 11.7. The highest BCUT2D eigenvalue weighted by Gasteiger charge is 2.61. The van der Waals surface area contributed by atoms with E-state index in [-0.39, 0.29) is 30.5 Å². The van der Waals surface area contributed by atoms with Gasteiger partial charge in [0.05, 0.1) is 34.9 Å². The Labute approximate surface area is 246 Å². The molecule has 2 atom stereocenters. The summed E-state index contributed by atoms with van der Waals surface area (Å²) in [6.07, 6.45) is 0.508. The van der Waals surface area contributed by atoms with Gasteiger partial charge in [-0.05, 0) is 36.0 Å². The van der Waals surface area contributed by atoms with Gasteiger partial charge in [-0.2, -0.15) is 5.10 Å². The Balaban J connectivity index is 1.31. The third kappa shape index (κ3) is 5.24. The number of aromatic nitrogens is 4. The van der Waals surface area contributed by atoms with Crippen molar-refractivity contribution in [2.24, 2.45) is 5.41 Å². The van der Waals surface area contributed by atoms with Gasteiger partial charge in [0.25, 0.3) is 5.56 Å². The van der Waals surface area contributed by atoms with Crippen molar-refractivity contribution in [2.75, 3.05) is 25.0 Å². The number of carbonyl (C=O) groups is 2. The highest BCUT2D eigenvalue weighted by atomic mass is 35.5. The summed E-state index contributed by atoms with van der Waals surface area (Å²) in [7, 11) is 0. The average Bonchev–Trinajstić information content (AvgIpc) is 3.51. The van der Waals surface area contributed by atoms with Gasteiger partial charge in [-0.1, -0.05) is 50.0 Å². The fourth-order valence-corrected chi connectivity index (χ4v) is 6.42. The maximum Gasteiger partial charge on any atom is 0.408 e. The quantitative estimate of drug-likeness (QED) is 0.342. The summed E-state index contributed by atoms with van der Waals surface area (Å²) >= 11 is 12.1. The van der Waals surface area contributed by atoms with E-state index in [2.05, 4.69) is 20.4 Å².